The predicted octanol–water partition coefficient (Wildman–Crippen LogP) is 2.72. The van der Waals surface area contributed by atoms with Crippen LogP contribution in [-0.4, -0.2) is 20.2 Å². The Morgan fingerprint density at radius 1 is 1.39 bits per heavy atom. The van der Waals surface area contributed by atoms with E-state index in [9.17, 15) is 0 Å². The van der Waals surface area contributed by atoms with E-state index in [2.05, 4.69) is 31.5 Å². The fourth-order valence-electron chi connectivity index (χ4n) is 2.18. The highest BCUT2D eigenvalue weighted by molar-refractivity contribution is 9.10. The Hall–Kier alpha value is -1.43. The van der Waals surface area contributed by atoms with Crippen LogP contribution in [0, 0.1) is 6.92 Å². The summed E-state index contributed by atoms with van der Waals surface area (Å²) < 4.78 is 2.88. The minimum absolute atomic E-state index is 0.439. The summed E-state index contributed by atoms with van der Waals surface area (Å²) in [4.78, 5) is 0. The summed E-state index contributed by atoms with van der Waals surface area (Å²) in [6, 6.07) is 4.36. The molecular formula is C12H14BrN5. The molecule has 1 aliphatic rings. The molecule has 2 aromatic rings. The first-order valence-electron chi connectivity index (χ1n) is 6.00. The topological polar surface area (TPSA) is 69.6 Å². The van der Waals surface area contributed by atoms with Crippen molar-refractivity contribution in [2.45, 2.75) is 32.2 Å². The number of benzene rings is 1. The van der Waals surface area contributed by atoms with Crippen molar-refractivity contribution in [2.24, 2.45) is 0 Å². The van der Waals surface area contributed by atoms with Gasteiger partial charge in [-0.05, 0) is 54.3 Å². The van der Waals surface area contributed by atoms with Gasteiger partial charge in [0.15, 0.2) is 5.82 Å². The number of hydrogen-bond acceptors (Lipinski definition) is 4. The molecule has 5 nitrogen and oxygen atoms in total. The van der Waals surface area contributed by atoms with Crippen molar-refractivity contribution < 1.29 is 0 Å². The average Bonchev–Trinajstić information content (AvgIpc) is 2.69. The van der Waals surface area contributed by atoms with Gasteiger partial charge in [-0.2, -0.15) is 0 Å². The number of hydrogen-bond donors (Lipinski definition) is 1. The maximum absolute atomic E-state index is 5.99. The van der Waals surface area contributed by atoms with E-state index in [1.165, 1.54) is 6.42 Å². The SMILES string of the molecule is Cc1c(N)cc(Br)cc1-c1nnnn1C1CCC1. The number of nitrogens with two attached hydrogens (primary N) is 1. The molecule has 18 heavy (non-hydrogen) atoms. The first-order chi connectivity index (χ1) is 8.66. The Kier molecular flexibility index (Phi) is 2.81. The quantitative estimate of drug-likeness (QED) is 0.866. The number of aromatic nitrogens is 4. The molecule has 0 aliphatic heterocycles. The largest absolute Gasteiger partial charge is 0.398 e. The Balaban J connectivity index is 2.12. The highest BCUT2D eigenvalue weighted by atomic mass is 79.9. The standard InChI is InChI=1S/C12H14BrN5/c1-7-10(5-8(13)6-11(7)14)12-15-16-17-18(12)9-3-2-4-9/h5-6,9H,2-4,14H2,1H3. The first-order valence-corrected chi connectivity index (χ1v) is 6.80. The summed E-state index contributed by atoms with van der Waals surface area (Å²) in [6.07, 6.45) is 3.56. The normalized spacial score (nSPS) is 15.7. The second kappa shape index (κ2) is 4.35. The Labute approximate surface area is 113 Å². The third-order valence-corrected chi connectivity index (χ3v) is 4.02. The van der Waals surface area contributed by atoms with E-state index in [0.717, 1.165) is 40.0 Å². The second-order valence-corrected chi connectivity index (χ2v) is 5.62. The molecular weight excluding hydrogens is 294 g/mol. The zero-order chi connectivity index (χ0) is 12.7. The fourth-order valence-corrected chi connectivity index (χ4v) is 2.66. The molecule has 1 fully saturated rings. The summed E-state index contributed by atoms with van der Waals surface area (Å²) in [5.41, 5.74) is 8.77. The van der Waals surface area contributed by atoms with Gasteiger partial charge in [-0.15, -0.1) is 5.10 Å². The van der Waals surface area contributed by atoms with Crippen LogP contribution in [0.25, 0.3) is 11.4 Å². The molecule has 0 amide bonds. The maximum atomic E-state index is 5.99. The predicted molar refractivity (Wildman–Crippen MR) is 73.0 cm³/mol. The molecule has 94 valence electrons. The van der Waals surface area contributed by atoms with Gasteiger partial charge in [0, 0.05) is 15.7 Å². The van der Waals surface area contributed by atoms with Crippen LogP contribution in [-0.2, 0) is 0 Å². The molecule has 1 saturated carbocycles. The van der Waals surface area contributed by atoms with Gasteiger partial charge in [-0.3, -0.25) is 0 Å². The lowest BCUT2D eigenvalue weighted by molar-refractivity contribution is 0.287. The number of anilines is 1. The van der Waals surface area contributed by atoms with Gasteiger partial charge < -0.3 is 5.73 Å². The molecule has 0 radical (unpaired) electrons. The highest BCUT2D eigenvalue weighted by Gasteiger charge is 2.25. The van der Waals surface area contributed by atoms with Gasteiger partial charge in [-0.1, -0.05) is 15.9 Å². The van der Waals surface area contributed by atoms with Gasteiger partial charge in [-0.25, -0.2) is 4.68 Å². The van der Waals surface area contributed by atoms with E-state index in [1.807, 2.05) is 23.7 Å². The third-order valence-electron chi connectivity index (χ3n) is 3.57. The van der Waals surface area contributed by atoms with Crippen molar-refractivity contribution >= 4 is 21.6 Å². The zero-order valence-electron chi connectivity index (χ0n) is 10.1. The molecule has 6 heteroatoms. The lowest BCUT2D eigenvalue weighted by atomic mass is 9.93. The fraction of sp³-hybridized carbons (Fsp3) is 0.417. The summed E-state index contributed by atoms with van der Waals surface area (Å²) in [5, 5.41) is 12.1. The van der Waals surface area contributed by atoms with Gasteiger partial charge in [0.1, 0.15) is 0 Å². The second-order valence-electron chi connectivity index (χ2n) is 4.70. The molecule has 1 aromatic carbocycles. The van der Waals surface area contributed by atoms with E-state index in [0.29, 0.717) is 6.04 Å². The molecule has 1 aromatic heterocycles. The molecule has 0 atom stereocenters. The minimum atomic E-state index is 0.439. The Bertz CT molecular complexity index is 588. The van der Waals surface area contributed by atoms with Crippen LogP contribution < -0.4 is 5.73 Å². The number of nitrogens with zero attached hydrogens (tertiary/aromatic N) is 4. The molecule has 0 spiro atoms. The smallest absolute Gasteiger partial charge is 0.182 e. The lowest BCUT2D eigenvalue weighted by Crippen LogP contribution is -2.19. The summed E-state index contributed by atoms with van der Waals surface area (Å²) in [5.74, 6) is 0.810. The molecule has 3 rings (SSSR count). The van der Waals surface area contributed by atoms with Crippen molar-refractivity contribution in [1.82, 2.24) is 20.2 Å². The summed E-state index contributed by atoms with van der Waals surface area (Å²) in [7, 11) is 0. The van der Waals surface area contributed by atoms with Crippen LogP contribution in [0.2, 0.25) is 0 Å². The first kappa shape index (κ1) is 11.6. The third kappa shape index (κ3) is 1.80. The number of halogens is 1. The van der Waals surface area contributed by atoms with Crippen LogP contribution in [0.5, 0.6) is 0 Å². The van der Waals surface area contributed by atoms with E-state index < -0.39 is 0 Å². The molecule has 1 heterocycles. The van der Waals surface area contributed by atoms with Gasteiger partial charge in [0.25, 0.3) is 0 Å². The van der Waals surface area contributed by atoms with Crippen LogP contribution in [0.4, 0.5) is 5.69 Å². The van der Waals surface area contributed by atoms with Crippen molar-refractivity contribution in [3.8, 4) is 11.4 Å². The van der Waals surface area contributed by atoms with Gasteiger partial charge in [0.2, 0.25) is 0 Å². The summed E-state index contributed by atoms with van der Waals surface area (Å²) in [6.45, 7) is 2.00. The monoisotopic (exact) mass is 307 g/mol. The average molecular weight is 308 g/mol. The van der Waals surface area contributed by atoms with Gasteiger partial charge in [0.05, 0.1) is 6.04 Å². The van der Waals surface area contributed by atoms with E-state index in [4.69, 9.17) is 5.73 Å². The molecule has 2 N–H and O–H groups in total. The molecule has 0 unspecified atom stereocenters. The molecule has 0 bridgehead atoms. The van der Waals surface area contributed by atoms with Crippen LogP contribution >= 0.6 is 15.9 Å². The van der Waals surface area contributed by atoms with Crippen LogP contribution in [0.1, 0.15) is 30.9 Å². The Morgan fingerprint density at radius 2 is 2.17 bits per heavy atom. The van der Waals surface area contributed by atoms with Crippen LogP contribution in [0.3, 0.4) is 0 Å². The molecule has 0 saturated heterocycles. The number of nitrogen functional groups attached to an aromatic ring is 1. The Morgan fingerprint density at radius 3 is 2.83 bits per heavy atom. The van der Waals surface area contributed by atoms with Crippen molar-refractivity contribution in [3.63, 3.8) is 0 Å². The van der Waals surface area contributed by atoms with E-state index >= 15 is 0 Å². The van der Waals surface area contributed by atoms with Crippen molar-refractivity contribution in [2.75, 3.05) is 5.73 Å². The van der Waals surface area contributed by atoms with Crippen molar-refractivity contribution in [1.29, 1.82) is 0 Å². The molecule has 1 aliphatic carbocycles. The lowest BCUT2D eigenvalue weighted by Gasteiger charge is -2.26. The van der Waals surface area contributed by atoms with Crippen molar-refractivity contribution in [3.05, 3.63) is 22.2 Å². The highest BCUT2D eigenvalue weighted by Crippen LogP contribution is 2.36. The maximum Gasteiger partial charge on any atom is 0.182 e. The van der Waals surface area contributed by atoms with Crippen LogP contribution in [0.15, 0.2) is 16.6 Å². The summed E-state index contributed by atoms with van der Waals surface area (Å²) >= 11 is 3.47. The van der Waals surface area contributed by atoms with Gasteiger partial charge >= 0.3 is 0 Å². The number of tetrazole rings is 1. The minimum Gasteiger partial charge on any atom is -0.398 e. The van der Waals surface area contributed by atoms with E-state index in [-0.39, 0.29) is 0 Å². The number of rotatable bonds is 2. The zero-order valence-corrected chi connectivity index (χ0v) is 11.7. The van der Waals surface area contributed by atoms with E-state index in [1.54, 1.807) is 0 Å².